The van der Waals surface area contributed by atoms with Gasteiger partial charge >= 0.3 is 0 Å². The second-order valence-corrected chi connectivity index (χ2v) is 10.8. The lowest BCUT2D eigenvalue weighted by atomic mass is 9.84. The normalized spacial score (nSPS) is 24.0. The first-order valence-corrected chi connectivity index (χ1v) is 13.2. The molecule has 1 aliphatic carbocycles. The molecule has 180 valence electrons. The Bertz CT molecular complexity index is 930. The monoisotopic (exact) mass is 473 g/mol. The number of amides is 1. The molecule has 2 aromatic rings. The molecule has 2 aromatic heterocycles. The van der Waals surface area contributed by atoms with Crippen LogP contribution in [-0.2, 0) is 28.9 Å². The first-order valence-electron chi connectivity index (χ1n) is 12.4. The van der Waals surface area contributed by atoms with Crippen molar-refractivity contribution >= 4 is 22.4 Å². The first-order chi connectivity index (χ1) is 16.1. The molecule has 1 saturated carbocycles. The molecule has 1 N–H and O–H groups in total. The molecule has 0 bridgehead atoms. The minimum absolute atomic E-state index is 0.0393. The van der Waals surface area contributed by atoms with Crippen LogP contribution in [0.25, 0.3) is 0 Å². The highest BCUT2D eigenvalue weighted by molar-refractivity contribution is 7.15. The van der Waals surface area contributed by atoms with Crippen LogP contribution in [0.5, 0.6) is 0 Å². The number of anilines is 1. The molecule has 5 rings (SSSR count). The van der Waals surface area contributed by atoms with E-state index in [1.54, 1.807) is 0 Å². The summed E-state index contributed by atoms with van der Waals surface area (Å²) >= 11 is 1.86. The maximum Gasteiger partial charge on any atom is 0.227 e. The molecule has 2 aliphatic heterocycles. The highest BCUT2D eigenvalue weighted by atomic mass is 32.1. The fourth-order valence-corrected chi connectivity index (χ4v) is 6.28. The quantitative estimate of drug-likeness (QED) is 0.661. The molecular formula is C24H35N5O3S. The molecule has 2 fully saturated rings. The van der Waals surface area contributed by atoms with Crippen LogP contribution in [0.2, 0.25) is 0 Å². The number of hydrogen-bond acceptors (Lipinski definition) is 8. The van der Waals surface area contributed by atoms with E-state index in [0.29, 0.717) is 18.5 Å². The van der Waals surface area contributed by atoms with E-state index >= 15 is 0 Å². The molecular weight excluding hydrogens is 438 g/mol. The van der Waals surface area contributed by atoms with E-state index < -0.39 is 0 Å². The van der Waals surface area contributed by atoms with Crippen LogP contribution < -0.4 is 10.2 Å². The third-order valence-electron chi connectivity index (χ3n) is 7.11. The van der Waals surface area contributed by atoms with Crippen molar-refractivity contribution in [2.45, 2.75) is 70.9 Å². The van der Waals surface area contributed by atoms with Crippen molar-refractivity contribution in [1.82, 2.24) is 20.4 Å². The summed E-state index contributed by atoms with van der Waals surface area (Å²) in [7, 11) is 0. The van der Waals surface area contributed by atoms with Crippen LogP contribution in [-0.4, -0.2) is 60.0 Å². The average Bonchev–Trinajstić information content (AvgIpc) is 3.44. The zero-order chi connectivity index (χ0) is 22.6. The Labute approximate surface area is 199 Å². The molecule has 1 amide bonds. The summed E-state index contributed by atoms with van der Waals surface area (Å²) in [5, 5.41) is 8.18. The third kappa shape index (κ3) is 5.94. The van der Waals surface area contributed by atoms with E-state index in [1.807, 2.05) is 24.3 Å². The van der Waals surface area contributed by atoms with E-state index in [1.165, 1.54) is 29.8 Å². The maximum atomic E-state index is 12.3. The van der Waals surface area contributed by atoms with Gasteiger partial charge in [0.25, 0.3) is 0 Å². The van der Waals surface area contributed by atoms with Crippen LogP contribution in [0.3, 0.4) is 0 Å². The van der Waals surface area contributed by atoms with Gasteiger partial charge in [0.1, 0.15) is 12.5 Å². The summed E-state index contributed by atoms with van der Waals surface area (Å²) in [6, 6.07) is 2.12. The van der Waals surface area contributed by atoms with E-state index in [0.717, 1.165) is 75.2 Å². The highest BCUT2D eigenvalue weighted by Crippen LogP contribution is 2.32. The van der Waals surface area contributed by atoms with E-state index in [-0.39, 0.29) is 12.3 Å². The molecule has 3 aliphatic rings. The Morgan fingerprint density at radius 1 is 1.27 bits per heavy atom. The van der Waals surface area contributed by atoms with Crippen molar-refractivity contribution in [2.24, 2.45) is 5.92 Å². The Morgan fingerprint density at radius 3 is 2.91 bits per heavy atom. The Kier molecular flexibility index (Phi) is 7.27. The average molecular weight is 474 g/mol. The summed E-state index contributed by atoms with van der Waals surface area (Å²) in [5.41, 5.74) is 2.09. The van der Waals surface area contributed by atoms with Crippen molar-refractivity contribution in [2.75, 3.05) is 37.9 Å². The molecule has 4 heterocycles. The standard InChI is InChI=1S/C24H35N5O3S/c1-17-13-20(32-27-17)14-23(30)25-19-5-3-18(4-6-19)7-10-28-11-8-22-21(15-28)26-24(33-22)29-9-2-12-31-16-29/h13,18-19H,2-12,14-16H2,1H3,(H,25,30). The first kappa shape index (κ1) is 22.8. The molecule has 0 spiro atoms. The van der Waals surface area contributed by atoms with Crippen molar-refractivity contribution in [1.29, 1.82) is 0 Å². The number of rotatable bonds is 7. The number of carbonyl (C=O) groups excluding carboxylic acids is 1. The van der Waals surface area contributed by atoms with Gasteiger partial charge in [-0.25, -0.2) is 4.98 Å². The molecule has 0 radical (unpaired) electrons. The summed E-state index contributed by atoms with van der Waals surface area (Å²) in [5.74, 6) is 1.44. The Morgan fingerprint density at radius 2 is 2.15 bits per heavy atom. The van der Waals surface area contributed by atoms with Crippen LogP contribution in [0, 0.1) is 12.8 Å². The lowest BCUT2D eigenvalue weighted by Crippen LogP contribution is -2.39. The number of aromatic nitrogens is 2. The zero-order valence-electron chi connectivity index (χ0n) is 19.6. The second-order valence-electron chi connectivity index (χ2n) is 9.73. The lowest BCUT2D eigenvalue weighted by Gasteiger charge is -2.32. The van der Waals surface area contributed by atoms with E-state index in [4.69, 9.17) is 14.2 Å². The van der Waals surface area contributed by atoms with Crippen LogP contribution >= 0.6 is 11.3 Å². The maximum absolute atomic E-state index is 12.3. The Hall–Kier alpha value is -1.97. The fourth-order valence-electron chi connectivity index (χ4n) is 5.21. The van der Waals surface area contributed by atoms with Crippen LogP contribution in [0.1, 0.15) is 60.6 Å². The molecule has 0 aromatic carbocycles. The van der Waals surface area contributed by atoms with E-state index in [9.17, 15) is 4.79 Å². The predicted octanol–water partition coefficient (Wildman–Crippen LogP) is 3.29. The van der Waals surface area contributed by atoms with Gasteiger partial charge in [0.15, 0.2) is 5.13 Å². The number of nitrogens with zero attached hydrogens (tertiary/aromatic N) is 4. The number of aryl methyl sites for hydroxylation is 1. The molecule has 1 saturated heterocycles. The van der Waals surface area contributed by atoms with Crippen molar-refractivity contribution in [3.63, 3.8) is 0 Å². The molecule has 33 heavy (non-hydrogen) atoms. The highest BCUT2D eigenvalue weighted by Gasteiger charge is 2.26. The van der Waals surface area contributed by atoms with Gasteiger partial charge in [0.2, 0.25) is 5.91 Å². The molecule has 9 heteroatoms. The number of nitrogens with one attached hydrogen (secondary N) is 1. The van der Waals surface area contributed by atoms with Crippen LogP contribution in [0.15, 0.2) is 10.6 Å². The number of ether oxygens (including phenoxy) is 1. The topological polar surface area (TPSA) is 83.7 Å². The van der Waals surface area contributed by atoms with Crippen LogP contribution in [0.4, 0.5) is 5.13 Å². The molecule has 0 unspecified atom stereocenters. The zero-order valence-corrected chi connectivity index (χ0v) is 20.4. The van der Waals surface area contributed by atoms with Gasteiger partial charge in [-0.05, 0) is 64.3 Å². The van der Waals surface area contributed by atoms with Crippen molar-refractivity contribution < 1.29 is 14.1 Å². The summed E-state index contributed by atoms with van der Waals surface area (Å²) in [4.78, 5) is 23.6. The third-order valence-corrected chi connectivity index (χ3v) is 8.32. The van der Waals surface area contributed by atoms with Gasteiger partial charge in [-0.15, -0.1) is 11.3 Å². The minimum atomic E-state index is 0.0393. The lowest BCUT2D eigenvalue weighted by molar-refractivity contribution is -0.121. The van der Waals surface area contributed by atoms with Gasteiger partial charge < -0.3 is 19.5 Å². The number of thiazole rings is 1. The second kappa shape index (κ2) is 10.5. The summed E-state index contributed by atoms with van der Waals surface area (Å²) in [6.45, 7) is 7.73. The molecule has 0 atom stereocenters. The molecule has 8 nitrogen and oxygen atoms in total. The van der Waals surface area contributed by atoms with Crippen molar-refractivity contribution in [3.8, 4) is 0 Å². The minimum Gasteiger partial charge on any atom is -0.361 e. The van der Waals surface area contributed by atoms with Gasteiger partial charge in [-0.3, -0.25) is 9.69 Å². The SMILES string of the molecule is Cc1cc(CC(=O)NC2CCC(CCN3CCc4sc(N5CCCOC5)nc4C3)CC2)on1. The smallest absolute Gasteiger partial charge is 0.227 e. The van der Waals surface area contributed by atoms with Gasteiger partial charge in [-0.1, -0.05) is 5.16 Å². The number of hydrogen-bond donors (Lipinski definition) is 1. The Balaban J connectivity index is 1.02. The number of carbonyl (C=O) groups is 1. The van der Waals surface area contributed by atoms with Crippen molar-refractivity contribution in [3.05, 3.63) is 28.1 Å². The van der Waals surface area contributed by atoms with Gasteiger partial charge in [0, 0.05) is 36.6 Å². The predicted molar refractivity (Wildman–Crippen MR) is 127 cm³/mol. The summed E-state index contributed by atoms with van der Waals surface area (Å²) in [6.07, 6.45) is 8.26. The fraction of sp³-hybridized carbons (Fsp3) is 0.708. The summed E-state index contributed by atoms with van der Waals surface area (Å²) < 4.78 is 10.8. The van der Waals surface area contributed by atoms with Gasteiger partial charge in [0.05, 0.1) is 24.4 Å². The van der Waals surface area contributed by atoms with E-state index in [2.05, 4.69) is 20.3 Å². The number of fused-ring (bicyclic) bond motifs is 1. The van der Waals surface area contributed by atoms with Gasteiger partial charge in [-0.2, -0.15) is 0 Å². The largest absolute Gasteiger partial charge is 0.361 e.